The summed E-state index contributed by atoms with van der Waals surface area (Å²) in [6.45, 7) is 5.92. The SMILES string of the molecule is CC(=O)Nc1ccc(NC(=S)NN2[C@H](C)CCC[C@H]2C)cc1. The first kappa shape index (κ1) is 16.7. The molecule has 1 aromatic rings. The number of amides is 1. The van der Waals surface area contributed by atoms with E-state index in [1.807, 2.05) is 24.3 Å². The number of rotatable bonds is 3. The van der Waals surface area contributed by atoms with E-state index in [-0.39, 0.29) is 5.91 Å². The van der Waals surface area contributed by atoms with Crippen LogP contribution >= 0.6 is 12.2 Å². The summed E-state index contributed by atoms with van der Waals surface area (Å²) in [5.74, 6) is -0.0778. The Hall–Kier alpha value is -1.66. The van der Waals surface area contributed by atoms with E-state index in [4.69, 9.17) is 12.2 Å². The molecule has 120 valence electrons. The standard InChI is InChI=1S/C16H24N4OS/c1-11-5-4-6-12(2)20(11)19-16(22)18-15-9-7-14(8-10-15)17-13(3)21/h7-12H,4-6H2,1-3H3,(H,17,21)(H2,18,19,22)/t11-,12-/m1/s1. The Labute approximate surface area is 137 Å². The highest BCUT2D eigenvalue weighted by atomic mass is 32.1. The Morgan fingerprint density at radius 2 is 1.59 bits per heavy atom. The predicted molar refractivity (Wildman–Crippen MR) is 94.7 cm³/mol. The third-order valence-corrected chi connectivity index (χ3v) is 4.08. The lowest BCUT2D eigenvalue weighted by Gasteiger charge is -2.39. The zero-order valence-electron chi connectivity index (χ0n) is 13.3. The van der Waals surface area contributed by atoms with Crippen LogP contribution in [0.25, 0.3) is 0 Å². The normalized spacial score (nSPS) is 22.0. The van der Waals surface area contributed by atoms with E-state index in [2.05, 4.69) is 34.9 Å². The quantitative estimate of drug-likeness (QED) is 0.747. The molecule has 1 aliphatic heterocycles. The number of nitrogens with one attached hydrogen (secondary N) is 3. The van der Waals surface area contributed by atoms with Gasteiger partial charge in [-0.05, 0) is 63.2 Å². The van der Waals surface area contributed by atoms with Crippen LogP contribution in [-0.2, 0) is 4.79 Å². The first-order valence-electron chi connectivity index (χ1n) is 7.69. The molecule has 0 radical (unpaired) electrons. The first-order chi connectivity index (χ1) is 10.5. The number of hydrazine groups is 1. The van der Waals surface area contributed by atoms with Gasteiger partial charge in [-0.1, -0.05) is 6.42 Å². The molecule has 0 spiro atoms. The van der Waals surface area contributed by atoms with Gasteiger partial charge in [0.05, 0.1) is 0 Å². The summed E-state index contributed by atoms with van der Waals surface area (Å²) in [5, 5.41) is 8.73. The summed E-state index contributed by atoms with van der Waals surface area (Å²) < 4.78 is 0. The highest BCUT2D eigenvalue weighted by Gasteiger charge is 2.25. The molecule has 1 fully saturated rings. The number of benzene rings is 1. The van der Waals surface area contributed by atoms with Gasteiger partial charge < -0.3 is 10.6 Å². The molecular weight excluding hydrogens is 296 g/mol. The van der Waals surface area contributed by atoms with Crippen LogP contribution in [0.15, 0.2) is 24.3 Å². The summed E-state index contributed by atoms with van der Waals surface area (Å²) in [5.41, 5.74) is 4.96. The molecule has 1 aliphatic rings. The average molecular weight is 320 g/mol. The average Bonchev–Trinajstić information content (AvgIpc) is 2.45. The molecular formula is C16H24N4OS. The number of nitrogens with zero attached hydrogens (tertiary/aromatic N) is 1. The van der Waals surface area contributed by atoms with Crippen molar-refractivity contribution in [1.82, 2.24) is 10.4 Å². The highest BCUT2D eigenvalue weighted by Crippen LogP contribution is 2.20. The van der Waals surface area contributed by atoms with E-state index < -0.39 is 0 Å². The summed E-state index contributed by atoms with van der Waals surface area (Å²) in [4.78, 5) is 11.0. The van der Waals surface area contributed by atoms with Crippen molar-refractivity contribution in [2.45, 2.75) is 52.1 Å². The van der Waals surface area contributed by atoms with Gasteiger partial charge in [-0.25, -0.2) is 5.01 Å². The van der Waals surface area contributed by atoms with Crippen molar-refractivity contribution in [2.24, 2.45) is 0 Å². The van der Waals surface area contributed by atoms with E-state index in [9.17, 15) is 4.79 Å². The van der Waals surface area contributed by atoms with E-state index >= 15 is 0 Å². The fourth-order valence-electron chi connectivity index (χ4n) is 2.76. The number of thiocarbonyl (C=S) groups is 1. The molecule has 6 heteroatoms. The molecule has 1 heterocycles. The van der Waals surface area contributed by atoms with Crippen LogP contribution in [0.1, 0.15) is 40.0 Å². The van der Waals surface area contributed by atoms with Gasteiger partial charge in [0.1, 0.15) is 0 Å². The fourth-order valence-corrected chi connectivity index (χ4v) is 2.98. The molecule has 1 saturated heterocycles. The van der Waals surface area contributed by atoms with Gasteiger partial charge in [0.15, 0.2) is 5.11 Å². The molecule has 0 unspecified atom stereocenters. The maximum atomic E-state index is 11.0. The highest BCUT2D eigenvalue weighted by molar-refractivity contribution is 7.80. The van der Waals surface area contributed by atoms with E-state index in [0.717, 1.165) is 11.4 Å². The minimum atomic E-state index is -0.0778. The van der Waals surface area contributed by atoms with Crippen molar-refractivity contribution >= 4 is 34.6 Å². The summed E-state index contributed by atoms with van der Waals surface area (Å²) in [6.07, 6.45) is 3.64. The topological polar surface area (TPSA) is 56.4 Å². The predicted octanol–water partition coefficient (Wildman–Crippen LogP) is 3.11. The van der Waals surface area contributed by atoms with Crippen LogP contribution in [0.4, 0.5) is 11.4 Å². The minimum Gasteiger partial charge on any atom is -0.332 e. The van der Waals surface area contributed by atoms with Crippen molar-refractivity contribution < 1.29 is 4.79 Å². The van der Waals surface area contributed by atoms with Gasteiger partial charge in [0, 0.05) is 30.4 Å². The summed E-state index contributed by atoms with van der Waals surface area (Å²) in [7, 11) is 0. The third-order valence-electron chi connectivity index (χ3n) is 3.89. The largest absolute Gasteiger partial charge is 0.332 e. The van der Waals surface area contributed by atoms with Crippen molar-refractivity contribution in [3.63, 3.8) is 0 Å². The van der Waals surface area contributed by atoms with Crippen LogP contribution < -0.4 is 16.1 Å². The monoisotopic (exact) mass is 320 g/mol. The molecule has 2 rings (SSSR count). The van der Waals surface area contributed by atoms with Gasteiger partial charge in [-0.3, -0.25) is 10.2 Å². The molecule has 3 N–H and O–H groups in total. The van der Waals surface area contributed by atoms with E-state index in [0.29, 0.717) is 17.2 Å². The molecule has 2 atom stereocenters. The number of piperidine rings is 1. The Morgan fingerprint density at radius 1 is 1.09 bits per heavy atom. The number of carbonyl (C=O) groups is 1. The van der Waals surface area contributed by atoms with Crippen LogP contribution in [0.5, 0.6) is 0 Å². The van der Waals surface area contributed by atoms with Gasteiger partial charge in [-0.2, -0.15) is 0 Å². The van der Waals surface area contributed by atoms with Crippen LogP contribution in [0, 0.1) is 0 Å². The van der Waals surface area contributed by atoms with Crippen LogP contribution in [-0.4, -0.2) is 28.1 Å². The number of hydrogen-bond acceptors (Lipinski definition) is 3. The fraction of sp³-hybridized carbons (Fsp3) is 0.500. The lowest BCUT2D eigenvalue weighted by atomic mass is 10.00. The van der Waals surface area contributed by atoms with Gasteiger partial charge in [-0.15, -0.1) is 0 Å². The molecule has 0 aromatic heterocycles. The molecule has 0 bridgehead atoms. The van der Waals surface area contributed by atoms with Crippen molar-refractivity contribution in [3.05, 3.63) is 24.3 Å². The lowest BCUT2D eigenvalue weighted by molar-refractivity contribution is -0.114. The molecule has 0 saturated carbocycles. The number of carbonyl (C=O) groups excluding carboxylic acids is 1. The number of anilines is 2. The zero-order valence-corrected chi connectivity index (χ0v) is 14.2. The summed E-state index contributed by atoms with van der Waals surface area (Å²) in [6, 6.07) is 8.43. The Morgan fingerprint density at radius 3 is 2.09 bits per heavy atom. The maximum Gasteiger partial charge on any atom is 0.221 e. The molecule has 0 aliphatic carbocycles. The van der Waals surface area contributed by atoms with E-state index in [1.54, 1.807) is 0 Å². The Kier molecular flexibility index (Phi) is 5.74. The van der Waals surface area contributed by atoms with Crippen molar-refractivity contribution in [2.75, 3.05) is 10.6 Å². The second-order valence-electron chi connectivity index (χ2n) is 5.86. The van der Waals surface area contributed by atoms with Crippen LogP contribution in [0.3, 0.4) is 0 Å². The number of hydrogen-bond donors (Lipinski definition) is 3. The molecule has 1 amide bonds. The van der Waals surface area contributed by atoms with Crippen LogP contribution in [0.2, 0.25) is 0 Å². The smallest absolute Gasteiger partial charge is 0.221 e. The first-order valence-corrected chi connectivity index (χ1v) is 8.10. The van der Waals surface area contributed by atoms with E-state index in [1.165, 1.54) is 26.2 Å². The lowest BCUT2D eigenvalue weighted by Crippen LogP contribution is -2.55. The zero-order chi connectivity index (χ0) is 16.1. The van der Waals surface area contributed by atoms with Crippen molar-refractivity contribution in [3.8, 4) is 0 Å². The van der Waals surface area contributed by atoms with Crippen molar-refractivity contribution in [1.29, 1.82) is 0 Å². The Bertz CT molecular complexity index is 521. The Balaban J connectivity index is 1.90. The molecule has 5 nitrogen and oxygen atoms in total. The maximum absolute atomic E-state index is 11.0. The second kappa shape index (κ2) is 7.56. The minimum absolute atomic E-state index is 0.0778. The van der Waals surface area contributed by atoms with Gasteiger partial charge in [0.25, 0.3) is 0 Å². The van der Waals surface area contributed by atoms with Gasteiger partial charge in [0.2, 0.25) is 5.91 Å². The molecule has 1 aromatic carbocycles. The third kappa shape index (κ3) is 4.68. The second-order valence-corrected chi connectivity index (χ2v) is 6.27. The summed E-state index contributed by atoms with van der Waals surface area (Å²) >= 11 is 5.39. The van der Waals surface area contributed by atoms with Gasteiger partial charge >= 0.3 is 0 Å². The molecule has 22 heavy (non-hydrogen) atoms.